The van der Waals surface area contributed by atoms with Gasteiger partial charge in [0.15, 0.2) is 0 Å². The number of nitrogens with one attached hydrogen (secondary N) is 1. The molecule has 0 amide bonds. The number of carbonyl (C=O) groups excluding carboxylic acids is 2. The minimum atomic E-state index is -0.550. The van der Waals surface area contributed by atoms with E-state index >= 15 is 0 Å². The van der Waals surface area contributed by atoms with Crippen LogP contribution in [0.2, 0.25) is 0 Å². The molecule has 2 N–H and O–H groups in total. The van der Waals surface area contributed by atoms with Gasteiger partial charge in [-0.25, -0.2) is 9.59 Å². The molecule has 5 heteroatoms. The summed E-state index contributed by atoms with van der Waals surface area (Å²) in [5, 5.41) is 13.7. The first kappa shape index (κ1) is 11.1. The van der Waals surface area contributed by atoms with E-state index < -0.39 is 11.9 Å². The average molecular weight is 207 g/mol. The lowest BCUT2D eigenvalue weighted by atomic mass is 10.1. The molecule has 0 aromatic heterocycles. The number of esters is 2. The van der Waals surface area contributed by atoms with E-state index in [1.54, 1.807) is 24.3 Å². The molecular formula is C10H9NO4. The molecule has 0 spiro atoms. The van der Waals surface area contributed by atoms with Crippen molar-refractivity contribution in [3.63, 3.8) is 0 Å². The van der Waals surface area contributed by atoms with E-state index in [1.165, 1.54) is 0 Å². The Hall–Kier alpha value is -2.01. The Morgan fingerprint density at radius 1 is 1.20 bits per heavy atom. The standard InChI is InChI=1S/C8H4O3.C2H5NO/c9-7-5-3-1-2-4-6(5)8(10)11-7;3-1-2-4/h1-4H;1,3-4H,2H2. The maximum Gasteiger partial charge on any atom is 0.346 e. The third-order valence-corrected chi connectivity index (χ3v) is 1.64. The van der Waals surface area contributed by atoms with Crippen molar-refractivity contribution in [2.75, 3.05) is 6.61 Å². The number of aliphatic hydroxyl groups excluding tert-OH is 1. The molecule has 0 aliphatic carbocycles. The van der Waals surface area contributed by atoms with E-state index in [9.17, 15) is 9.59 Å². The highest BCUT2D eigenvalue weighted by molar-refractivity contribution is 6.14. The molecule has 1 aliphatic rings. The zero-order chi connectivity index (χ0) is 11.3. The molecule has 0 fully saturated rings. The predicted molar refractivity (Wildman–Crippen MR) is 52.1 cm³/mol. The molecule has 1 aliphatic heterocycles. The SMILES string of the molecule is N=CCO.O=C1OC(=O)c2ccccc21. The van der Waals surface area contributed by atoms with Crippen molar-refractivity contribution in [2.24, 2.45) is 0 Å². The lowest BCUT2D eigenvalue weighted by molar-refractivity contribution is 0.0444. The number of fused-ring (bicyclic) bond motifs is 1. The summed E-state index contributed by atoms with van der Waals surface area (Å²) in [6.45, 7) is -0.139. The van der Waals surface area contributed by atoms with Gasteiger partial charge in [-0.3, -0.25) is 0 Å². The summed E-state index contributed by atoms with van der Waals surface area (Å²) < 4.78 is 4.35. The highest BCUT2D eigenvalue weighted by Crippen LogP contribution is 2.18. The van der Waals surface area contributed by atoms with Gasteiger partial charge in [0.05, 0.1) is 17.7 Å². The van der Waals surface area contributed by atoms with Gasteiger partial charge in [-0.2, -0.15) is 0 Å². The number of carbonyl (C=O) groups is 2. The summed E-state index contributed by atoms with van der Waals surface area (Å²) in [6.07, 6.45) is 0.931. The zero-order valence-electron chi connectivity index (χ0n) is 7.77. The molecule has 0 atom stereocenters. The largest absolute Gasteiger partial charge is 0.391 e. The Bertz CT molecular complexity index is 367. The van der Waals surface area contributed by atoms with E-state index in [0.717, 1.165) is 6.21 Å². The van der Waals surface area contributed by atoms with Crippen LogP contribution in [-0.2, 0) is 4.74 Å². The van der Waals surface area contributed by atoms with Crippen LogP contribution in [0.4, 0.5) is 0 Å². The van der Waals surface area contributed by atoms with Gasteiger partial charge < -0.3 is 15.3 Å². The molecule has 0 saturated carbocycles. The molecule has 0 radical (unpaired) electrons. The molecule has 1 aromatic rings. The van der Waals surface area contributed by atoms with Crippen molar-refractivity contribution in [1.29, 1.82) is 5.41 Å². The molecule has 1 aromatic carbocycles. The van der Waals surface area contributed by atoms with Crippen molar-refractivity contribution >= 4 is 18.2 Å². The molecule has 0 bridgehead atoms. The van der Waals surface area contributed by atoms with Gasteiger partial charge in [0.25, 0.3) is 0 Å². The van der Waals surface area contributed by atoms with Gasteiger partial charge in [-0.05, 0) is 12.1 Å². The van der Waals surface area contributed by atoms with Gasteiger partial charge in [0, 0.05) is 6.21 Å². The van der Waals surface area contributed by atoms with Crippen LogP contribution in [0.3, 0.4) is 0 Å². The Morgan fingerprint density at radius 2 is 1.60 bits per heavy atom. The predicted octanol–water partition coefficient (Wildman–Crippen LogP) is 0.625. The van der Waals surface area contributed by atoms with Crippen molar-refractivity contribution in [1.82, 2.24) is 0 Å². The minimum absolute atomic E-state index is 0.139. The highest BCUT2D eigenvalue weighted by Gasteiger charge is 2.28. The normalized spacial score (nSPS) is 12.3. The average Bonchev–Trinajstić information content (AvgIpc) is 2.56. The molecule has 0 unspecified atom stereocenters. The van der Waals surface area contributed by atoms with E-state index in [0.29, 0.717) is 11.1 Å². The summed E-state index contributed by atoms with van der Waals surface area (Å²) >= 11 is 0. The van der Waals surface area contributed by atoms with Crippen LogP contribution < -0.4 is 0 Å². The number of aliphatic hydroxyl groups is 1. The highest BCUT2D eigenvalue weighted by atomic mass is 16.6. The Labute approximate surface area is 85.8 Å². The number of rotatable bonds is 1. The van der Waals surface area contributed by atoms with E-state index in [4.69, 9.17) is 10.5 Å². The molecule has 5 nitrogen and oxygen atoms in total. The zero-order valence-corrected chi connectivity index (χ0v) is 7.77. The Balaban J connectivity index is 0.000000245. The van der Waals surface area contributed by atoms with E-state index in [2.05, 4.69) is 4.74 Å². The first-order chi connectivity index (χ1) is 7.20. The van der Waals surface area contributed by atoms with Gasteiger partial charge >= 0.3 is 11.9 Å². The first-order valence-electron chi connectivity index (χ1n) is 4.16. The summed E-state index contributed by atoms with van der Waals surface area (Å²) in [6, 6.07) is 6.53. The third-order valence-electron chi connectivity index (χ3n) is 1.64. The molecule has 15 heavy (non-hydrogen) atoms. The van der Waals surface area contributed by atoms with Gasteiger partial charge in [-0.15, -0.1) is 0 Å². The van der Waals surface area contributed by atoms with Crippen LogP contribution in [0.25, 0.3) is 0 Å². The second-order valence-electron chi connectivity index (χ2n) is 2.61. The first-order valence-corrected chi connectivity index (χ1v) is 4.16. The second-order valence-corrected chi connectivity index (χ2v) is 2.61. The minimum Gasteiger partial charge on any atom is -0.391 e. The molecule has 1 heterocycles. The molecule has 2 rings (SSSR count). The van der Waals surface area contributed by atoms with Crippen LogP contribution in [-0.4, -0.2) is 29.9 Å². The molecule has 0 saturated heterocycles. The van der Waals surface area contributed by atoms with E-state index in [1.807, 2.05) is 0 Å². The third kappa shape index (κ3) is 2.47. The van der Waals surface area contributed by atoms with Crippen molar-refractivity contribution in [2.45, 2.75) is 0 Å². The maximum atomic E-state index is 10.8. The van der Waals surface area contributed by atoms with Gasteiger partial charge in [0.2, 0.25) is 0 Å². The van der Waals surface area contributed by atoms with Crippen LogP contribution in [0, 0.1) is 5.41 Å². The van der Waals surface area contributed by atoms with Crippen LogP contribution in [0.15, 0.2) is 24.3 Å². The van der Waals surface area contributed by atoms with Gasteiger partial charge in [-0.1, -0.05) is 12.1 Å². The number of cyclic esters (lactones) is 2. The van der Waals surface area contributed by atoms with E-state index in [-0.39, 0.29) is 6.61 Å². The fourth-order valence-electron chi connectivity index (χ4n) is 1.03. The smallest absolute Gasteiger partial charge is 0.346 e. The Kier molecular flexibility index (Phi) is 3.70. The number of hydrogen-bond donors (Lipinski definition) is 2. The Morgan fingerprint density at radius 3 is 1.93 bits per heavy atom. The van der Waals surface area contributed by atoms with Crippen LogP contribution in [0.5, 0.6) is 0 Å². The quantitative estimate of drug-likeness (QED) is 0.401. The monoisotopic (exact) mass is 207 g/mol. The lowest BCUT2D eigenvalue weighted by Crippen LogP contribution is -1.96. The topological polar surface area (TPSA) is 87.4 Å². The lowest BCUT2D eigenvalue weighted by Gasteiger charge is -1.86. The van der Waals surface area contributed by atoms with Crippen molar-refractivity contribution in [3.05, 3.63) is 35.4 Å². The fraction of sp³-hybridized carbons (Fsp3) is 0.100. The van der Waals surface area contributed by atoms with Crippen LogP contribution in [0.1, 0.15) is 20.7 Å². The maximum absolute atomic E-state index is 10.8. The summed E-state index contributed by atoms with van der Waals surface area (Å²) in [5.74, 6) is -1.10. The summed E-state index contributed by atoms with van der Waals surface area (Å²) in [5.41, 5.74) is 0.718. The number of hydrogen-bond acceptors (Lipinski definition) is 5. The second kappa shape index (κ2) is 5.02. The summed E-state index contributed by atoms with van der Waals surface area (Å²) in [4.78, 5) is 21.7. The van der Waals surface area contributed by atoms with Crippen molar-refractivity contribution < 1.29 is 19.4 Å². The molecular weight excluding hydrogens is 198 g/mol. The number of ether oxygens (including phenoxy) is 1. The van der Waals surface area contributed by atoms with Gasteiger partial charge in [0.1, 0.15) is 0 Å². The summed E-state index contributed by atoms with van der Waals surface area (Å²) in [7, 11) is 0. The van der Waals surface area contributed by atoms with Crippen molar-refractivity contribution in [3.8, 4) is 0 Å². The number of benzene rings is 1. The van der Waals surface area contributed by atoms with Crippen LogP contribution >= 0.6 is 0 Å². The fourth-order valence-corrected chi connectivity index (χ4v) is 1.03. The molecule has 78 valence electrons.